The molecule has 0 N–H and O–H groups in total. The molecule has 1 fully saturated rings. The minimum Gasteiger partial charge on any atom is -0.633 e. The number of quaternary nitrogens is 1. The maximum atomic E-state index is 12.5. The van der Waals surface area contributed by atoms with Gasteiger partial charge >= 0.3 is 0 Å². The minimum atomic E-state index is -0.299. The van der Waals surface area contributed by atoms with Gasteiger partial charge in [-0.05, 0) is 31.0 Å². The Morgan fingerprint density at radius 3 is 2.96 bits per heavy atom. The summed E-state index contributed by atoms with van der Waals surface area (Å²) in [5.41, 5.74) is 1.05. The predicted molar refractivity (Wildman–Crippen MR) is 96.0 cm³/mol. The van der Waals surface area contributed by atoms with Crippen molar-refractivity contribution in [3.8, 4) is 0 Å². The lowest BCUT2D eigenvalue weighted by atomic mass is 9.91. The molecular formula is C17H23ClN2O2S. The standard InChI is InChI=1S/C17H23ClN2O2S/c1-20(2,22)10-4-9-19-13-11-12(18)7-8-15(13)23-16-6-3-5-14(21)17(16)19/h7-8,11,16-17H,3-6,9-10H2,1-2H3. The van der Waals surface area contributed by atoms with E-state index >= 15 is 0 Å². The van der Waals surface area contributed by atoms with Gasteiger partial charge in [0.2, 0.25) is 0 Å². The number of anilines is 1. The monoisotopic (exact) mass is 354 g/mol. The fourth-order valence-electron chi connectivity index (χ4n) is 3.50. The van der Waals surface area contributed by atoms with E-state index in [1.807, 2.05) is 23.9 Å². The van der Waals surface area contributed by atoms with Crippen molar-refractivity contribution in [3.63, 3.8) is 0 Å². The summed E-state index contributed by atoms with van der Waals surface area (Å²) >= 11 is 8.00. The average Bonchev–Trinajstić information content (AvgIpc) is 2.46. The summed E-state index contributed by atoms with van der Waals surface area (Å²) in [6.45, 7) is 1.27. The highest BCUT2D eigenvalue weighted by atomic mass is 35.5. The average molecular weight is 355 g/mol. The van der Waals surface area contributed by atoms with Crippen LogP contribution < -0.4 is 4.90 Å². The van der Waals surface area contributed by atoms with E-state index < -0.39 is 0 Å². The maximum absolute atomic E-state index is 12.5. The minimum absolute atomic E-state index is 0.0676. The van der Waals surface area contributed by atoms with Gasteiger partial charge in [-0.2, -0.15) is 0 Å². The number of ketones is 1. The number of halogens is 1. The molecule has 1 heterocycles. The first-order chi connectivity index (χ1) is 10.8. The Hall–Kier alpha value is -0.750. The number of carbonyl (C=O) groups is 1. The van der Waals surface area contributed by atoms with Crippen molar-refractivity contribution in [2.45, 2.75) is 41.9 Å². The fourth-order valence-corrected chi connectivity index (χ4v) is 5.15. The smallest absolute Gasteiger partial charge is 0.156 e. The summed E-state index contributed by atoms with van der Waals surface area (Å²) in [7, 11) is 3.32. The van der Waals surface area contributed by atoms with Gasteiger partial charge in [-0.25, -0.2) is 0 Å². The molecule has 0 bridgehead atoms. The van der Waals surface area contributed by atoms with Gasteiger partial charge in [-0.1, -0.05) is 11.6 Å². The molecular weight excluding hydrogens is 332 g/mol. The van der Waals surface area contributed by atoms with E-state index in [0.717, 1.165) is 31.5 Å². The molecule has 0 radical (unpaired) electrons. The van der Waals surface area contributed by atoms with Gasteiger partial charge in [-0.15, -0.1) is 11.8 Å². The second-order valence-electron chi connectivity index (χ2n) is 6.92. The number of hydrogen-bond acceptors (Lipinski definition) is 4. The lowest BCUT2D eigenvalue weighted by Crippen LogP contribution is -2.53. The molecule has 126 valence electrons. The van der Waals surface area contributed by atoms with E-state index in [-0.39, 0.29) is 10.7 Å². The molecule has 2 atom stereocenters. The van der Waals surface area contributed by atoms with Gasteiger partial charge in [0, 0.05) is 34.6 Å². The molecule has 0 saturated heterocycles. The van der Waals surface area contributed by atoms with Gasteiger partial charge in [-0.3, -0.25) is 4.79 Å². The van der Waals surface area contributed by atoms with Crippen molar-refractivity contribution in [3.05, 3.63) is 28.4 Å². The number of rotatable bonds is 4. The zero-order chi connectivity index (χ0) is 16.6. The first-order valence-electron chi connectivity index (χ1n) is 8.15. The molecule has 6 heteroatoms. The molecule has 1 aliphatic carbocycles. The SMILES string of the molecule is C[N+](C)([O-])CCCN1c2cc(Cl)ccc2SC2CCCC(=O)C21. The highest BCUT2D eigenvalue weighted by Crippen LogP contribution is 2.46. The Labute approximate surface area is 146 Å². The lowest BCUT2D eigenvalue weighted by molar-refractivity contribution is -0.840. The molecule has 23 heavy (non-hydrogen) atoms. The molecule has 0 spiro atoms. The van der Waals surface area contributed by atoms with Crippen molar-refractivity contribution in [2.75, 3.05) is 32.1 Å². The number of thioether (sulfide) groups is 1. The van der Waals surface area contributed by atoms with E-state index in [2.05, 4.69) is 11.0 Å². The first kappa shape index (κ1) is 17.1. The van der Waals surface area contributed by atoms with E-state index in [4.69, 9.17) is 11.6 Å². The third-order valence-corrected chi connectivity index (χ3v) is 6.16. The van der Waals surface area contributed by atoms with Crippen molar-refractivity contribution in [2.24, 2.45) is 0 Å². The van der Waals surface area contributed by atoms with Crippen LogP contribution in [0.15, 0.2) is 23.1 Å². The Morgan fingerprint density at radius 1 is 1.43 bits per heavy atom. The van der Waals surface area contributed by atoms with Crippen LogP contribution in [0.2, 0.25) is 5.02 Å². The highest BCUT2D eigenvalue weighted by Gasteiger charge is 2.41. The Morgan fingerprint density at radius 2 is 2.22 bits per heavy atom. The maximum Gasteiger partial charge on any atom is 0.156 e. The van der Waals surface area contributed by atoms with Crippen LogP contribution in [0.1, 0.15) is 25.7 Å². The molecule has 4 nitrogen and oxygen atoms in total. The Kier molecular flexibility index (Phi) is 4.93. The molecule has 1 aromatic rings. The molecule has 0 aromatic heterocycles. The van der Waals surface area contributed by atoms with Crippen molar-refractivity contribution < 1.29 is 9.44 Å². The molecule has 3 rings (SSSR count). The van der Waals surface area contributed by atoms with Crippen LogP contribution in [0, 0.1) is 5.21 Å². The molecule has 1 aliphatic heterocycles. The van der Waals surface area contributed by atoms with Crippen LogP contribution in [0.3, 0.4) is 0 Å². The van der Waals surface area contributed by atoms with Gasteiger partial charge in [0.25, 0.3) is 0 Å². The number of hydroxylamine groups is 3. The van der Waals surface area contributed by atoms with Crippen LogP contribution in [0.25, 0.3) is 0 Å². The second-order valence-corrected chi connectivity index (χ2v) is 8.63. The summed E-state index contributed by atoms with van der Waals surface area (Å²) in [6, 6.07) is 5.85. The zero-order valence-electron chi connectivity index (χ0n) is 13.6. The third-order valence-electron chi connectivity index (χ3n) is 4.53. The molecule has 2 aliphatic rings. The van der Waals surface area contributed by atoms with Crippen LogP contribution in [-0.4, -0.2) is 48.9 Å². The normalized spacial score (nSPS) is 24.3. The summed E-state index contributed by atoms with van der Waals surface area (Å²) in [5, 5.41) is 12.8. The fraction of sp³-hybridized carbons (Fsp3) is 0.588. The number of hydrogen-bond donors (Lipinski definition) is 0. The zero-order valence-corrected chi connectivity index (χ0v) is 15.2. The summed E-state index contributed by atoms with van der Waals surface area (Å²) in [6.07, 6.45) is 3.48. The molecule has 1 saturated carbocycles. The van der Waals surface area contributed by atoms with E-state index in [1.54, 1.807) is 14.1 Å². The van der Waals surface area contributed by atoms with Crippen LogP contribution in [-0.2, 0) is 4.79 Å². The number of benzene rings is 1. The van der Waals surface area contributed by atoms with Gasteiger partial charge in [0.05, 0.1) is 32.4 Å². The van der Waals surface area contributed by atoms with Crippen LogP contribution in [0.4, 0.5) is 5.69 Å². The number of nitrogens with zero attached hydrogens (tertiary/aromatic N) is 2. The van der Waals surface area contributed by atoms with Crippen molar-refractivity contribution >= 4 is 34.8 Å². The lowest BCUT2D eigenvalue weighted by Gasteiger charge is -2.45. The van der Waals surface area contributed by atoms with Gasteiger partial charge in [0.15, 0.2) is 5.78 Å². The quantitative estimate of drug-likeness (QED) is 0.610. The molecule has 2 unspecified atom stereocenters. The van der Waals surface area contributed by atoms with Gasteiger partial charge < -0.3 is 14.8 Å². The number of fused-ring (bicyclic) bond motifs is 2. The van der Waals surface area contributed by atoms with E-state index in [1.165, 1.54) is 4.90 Å². The predicted octanol–water partition coefficient (Wildman–Crippen LogP) is 3.71. The third kappa shape index (κ3) is 3.85. The summed E-state index contributed by atoms with van der Waals surface area (Å²) < 4.78 is -0.299. The van der Waals surface area contributed by atoms with E-state index in [9.17, 15) is 10.0 Å². The second kappa shape index (κ2) is 6.63. The molecule has 0 amide bonds. The largest absolute Gasteiger partial charge is 0.633 e. The Balaban J connectivity index is 1.88. The number of Topliss-reactive ketones (excluding diaryl/α,β-unsaturated/α-hetero) is 1. The van der Waals surface area contributed by atoms with Crippen molar-refractivity contribution in [1.29, 1.82) is 0 Å². The van der Waals surface area contributed by atoms with Crippen LogP contribution >= 0.6 is 23.4 Å². The highest BCUT2D eigenvalue weighted by molar-refractivity contribution is 8.00. The van der Waals surface area contributed by atoms with Crippen LogP contribution in [0.5, 0.6) is 0 Å². The number of carbonyl (C=O) groups excluding carboxylic acids is 1. The summed E-state index contributed by atoms with van der Waals surface area (Å²) in [5.74, 6) is 0.329. The van der Waals surface area contributed by atoms with E-state index in [0.29, 0.717) is 29.0 Å². The van der Waals surface area contributed by atoms with Crippen molar-refractivity contribution in [1.82, 2.24) is 0 Å². The first-order valence-corrected chi connectivity index (χ1v) is 9.40. The Bertz CT molecular complexity index is 603. The summed E-state index contributed by atoms with van der Waals surface area (Å²) in [4.78, 5) is 15.9. The van der Waals surface area contributed by atoms with Gasteiger partial charge in [0.1, 0.15) is 0 Å². The topological polar surface area (TPSA) is 43.4 Å². The molecule has 1 aromatic carbocycles.